The molecule has 1 nitrogen and oxygen atoms in total. The summed E-state index contributed by atoms with van der Waals surface area (Å²) >= 11 is 0. The molecule has 0 amide bonds. The van der Waals surface area contributed by atoms with Crippen molar-refractivity contribution in [2.75, 3.05) is 0 Å². The number of benzene rings is 1. The zero-order valence-corrected chi connectivity index (χ0v) is 18.8. The maximum absolute atomic E-state index is 14.4. The van der Waals surface area contributed by atoms with Crippen LogP contribution in [-0.2, 0) is 0 Å². The first-order chi connectivity index (χ1) is 14.6. The lowest BCUT2D eigenvalue weighted by Crippen LogP contribution is -2.25. The van der Waals surface area contributed by atoms with E-state index in [0.29, 0.717) is 5.56 Å². The first-order valence-electron chi connectivity index (χ1n) is 12.5. The average molecular weight is 416 g/mol. The number of rotatable bonds is 9. The van der Waals surface area contributed by atoms with Gasteiger partial charge in [0.2, 0.25) is 0 Å². The lowest BCUT2D eigenvalue weighted by molar-refractivity contribution is 0.155. The number of hydrogen-bond acceptors (Lipinski definition) is 1. The molecule has 1 aromatic carbocycles. The Hall–Kier alpha value is -1.43. The van der Waals surface area contributed by atoms with Gasteiger partial charge in [0.15, 0.2) is 11.6 Å². The van der Waals surface area contributed by atoms with E-state index in [2.05, 4.69) is 6.92 Å². The van der Waals surface area contributed by atoms with Crippen molar-refractivity contribution in [1.29, 1.82) is 5.26 Å². The summed E-state index contributed by atoms with van der Waals surface area (Å²) in [5, 5.41) is 8.88. The predicted molar refractivity (Wildman–Crippen MR) is 119 cm³/mol. The van der Waals surface area contributed by atoms with Crippen LogP contribution in [0.2, 0.25) is 0 Å². The third kappa shape index (κ3) is 6.05. The molecule has 3 rings (SSSR count). The molecule has 0 radical (unpaired) electrons. The Morgan fingerprint density at radius 3 is 2.03 bits per heavy atom. The van der Waals surface area contributed by atoms with Gasteiger partial charge in [0.05, 0.1) is 5.56 Å². The van der Waals surface area contributed by atoms with Crippen LogP contribution in [0.4, 0.5) is 8.78 Å². The van der Waals surface area contributed by atoms with Crippen LogP contribution in [0.5, 0.6) is 0 Å². The second kappa shape index (κ2) is 11.8. The predicted octanol–water partition coefficient (Wildman–Crippen LogP) is 8.67. The summed E-state index contributed by atoms with van der Waals surface area (Å²) in [6, 6.07) is 4.80. The molecule has 2 saturated carbocycles. The van der Waals surface area contributed by atoms with Crippen LogP contribution >= 0.6 is 0 Å². The fourth-order valence-electron chi connectivity index (χ4n) is 6.03. The quantitative estimate of drug-likeness (QED) is 0.370. The third-order valence-corrected chi connectivity index (χ3v) is 7.97. The van der Waals surface area contributed by atoms with E-state index in [9.17, 15) is 8.78 Å². The van der Waals surface area contributed by atoms with Crippen LogP contribution in [0, 0.1) is 40.7 Å². The molecule has 166 valence electrons. The van der Waals surface area contributed by atoms with Gasteiger partial charge in [0.1, 0.15) is 6.07 Å². The Labute approximate surface area is 182 Å². The van der Waals surface area contributed by atoms with E-state index in [0.717, 1.165) is 43.4 Å². The lowest BCUT2D eigenvalue weighted by Gasteiger charge is -2.38. The average Bonchev–Trinajstić information content (AvgIpc) is 2.78. The first kappa shape index (κ1) is 23.2. The first-order valence-corrected chi connectivity index (χ1v) is 12.5. The lowest BCUT2D eigenvalue weighted by atomic mass is 9.68. The molecule has 0 saturated heterocycles. The monoisotopic (exact) mass is 415 g/mol. The summed E-state index contributed by atoms with van der Waals surface area (Å²) in [5.41, 5.74) is 0.287. The van der Waals surface area contributed by atoms with Gasteiger partial charge in [-0.3, -0.25) is 0 Å². The van der Waals surface area contributed by atoms with Gasteiger partial charge >= 0.3 is 0 Å². The molecule has 0 heterocycles. The molecule has 0 atom stereocenters. The van der Waals surface area contributed by atoms with Gasteiger partial charge in [-0.15, -0.1) is 0 Å². The minimum atomic E-state index is -0.971. The summed E-state index contributed by atoms with van der Waals surface area (Å²) in [6.45, 7) is 2.27. The van der Waals surface area contributed by atoms with Gasteiger partial charge in [0, 0.05) is 0 Å². The highest BCUT2D eigenvalue weighted by Gasteiger charge is 2.32. The molecule has 0 bridgehead atoms. The number of nitrogens with zero attached hydrogens (tertiary/aromatic N) is 1. The fourth-order valence-corrected chi connectivity index (χ4v) is 6.03. The fraction of sp³-hybridized carbons (Fsp3) is 0.741. The zero-order valence-electron chi connectivity index (χ0n) is 18.8. The van der Waals surface area contributed by atoms with Gasteiger partial charge < -0.3 is 0 Å². The summed E-state index contributed by atoms with van der Waals surface area (Å²) < 4.78 is 28.4. The molecule has 1 aromatic rings. The van der Waals surface area contributed by atoms with Crippen molar-refractivity contribution in [2.24, 2.45) is 17.8 Å². The maximum atomic E-state index is 14.4. The van der Waals surface area contributed by atoms with Crippen LogP contribution in [-0.4, -0.2) is 0 Å². The Bertz CT molecular complexity index is 692. The standard InChI is InChI=1S/C27H39F2N/c1-2-3-4-5-6-7-8-20-9-11-21(12-10-20)22-13-15-23(16-14-22)25-18-17-24(19-30)26(28)27(25)29/h17-18,20-23H,2-16H2,1H3/t20-,21-,22-,23-. The van der Waals surface area contributed by atoms with Gasteiger partial charge in [0.25, 0.3) is 0 Å². The van der Waals surface area contributed by atoms with Crippen molar-refractivity contribution in [3.05, 3.63) is 34.9 Å². The molecule has 0 aliphatic heterocycles. The Kier molecular flexibility index (Phi) is 9.16. The highest BCUT2D eigenvalue weighted by molar-refractivity contribution is 5.36. The molecule has 3 heteroatoms. The number of halogens is 2. The SMILES string of the molecule is CCCCCCCC[C@H]1CC[C@H]([C@H]2CC[C@H](c3ccc(C#N)c(F)c3F)CC2)CC1. The van der Waals surface area contributed by atoms with Gasteiger partial charge in [-0.05, 0) is 73.8 Å². The molecule has 2 aliphatic rings. The largest absolute Gasteiger partial charge is 0.203 e. The summed E-state index contributed by atoms with van der Waals surface area (Å²) in [6.07, 6.45) is 19.5. The molecule has 0 spiro atoms. The minimum Gasteiger partial charge on any atom is -0.203 e. The van der Waals surface area contributed by atoms with Crippen molar-refractivity contribution in [3.63, 3.8) is 0 Å². The Morgan fingerprint density at radius 1 is 0.800 bits per heavy atom. The van der Waals surface area contributed by atoms with Crippen LogP contribution in [0.3, 0.4) is 0 Å². The van der Waals surface area contributed by atoms with E-state index < -0.39 is 11.6 Å². The van der Waals surface area contributed by atoms with E-state index in [1.54, 1.807) is 12.1 Å². The van der Waals surface area contributed by atoms with Crippen LogP contribution in [0.1, 0.15) is 120 Å². The maximum Gasteiger partial charge on any atom is 0.176 e. The number of nitriles is 1. The zero-order chi connectivity index (χ0) is 21.3. The van der Waals surface area contributed by atoms with E-state index in [1.165, 1.54) is 76.7 Å². The molecule has 0 unspecified atom stereocenters. The highest BCUT2D eigenvalue weighted by Crippen LogP contribution is 2.45. The molecule has 2 fully saturated rings. The third-order valence-electron chi connectivity index (χ3n) is 7.97. The molecule has 0 N–H and O–H groups in total. The smallest absolute Gasteiger partial charge is 0.176 e. The van der Waals surface area contributed by atoms with Gasteiger partial charge in [-0.1, -0.05) is 70.8 Å². The summed E-state index contributed by atoms with van der Waals surface area (Å²) in [7, 11) is 0. The van der Waals surface area contributed by atoms with Crippen molar-refractivity contribution < 1.29 is 8.78 Å². The Morgan fingerprint density at radius 2 is 1.40 bits per heavy atom. The second-order valence-corrected chi connectivity index (χ2v) is 9.89. The second-order valence-electron chi connectivity index (χ2n) is 9.89. The van der Waals surface area contributed by atoms with E-state index >= 15 is 0 Å². The topological polar surface area (TPSA) is 23.8 Å². The van der Waals surface area contributed by atoms with Crippen molar-refractivity contribution in [3.8, 4) is 6.07 Å². The van der Waals surface area contributed by atoms with E-state index in [-0.39, 0.29) is 11.5 Å². The van der Waals surface area contributed by atoms with Gasteiger partial charge in [-0.2, -0.15) is 5.26 Å². The normalized spacial score (nSPS) is 27.0. The van der Waals surface area contributed by atoms with Crippen LogP contribution in [0.15, 0.2) is 12.1 Å². The highest BCUT2D eigenvalue weighted by atomic mass is 19.2. The molecular formula is C27H39F2N. The number of hydrogen-bond donors (Lipinski definition) is 0. The van der Waals surface area contributed by atoms with Crippen molar-refractivity contribution in [2.45, 2.75) is 109 Å². The van der Waals surface area contributed by atoms with E-state index in [1.807, 2.05) is 0 Å². The van der Waals surface area contributed by atoms with Crippen molar-refractivity contribution >= 4 is 0 Å². The minimum absolute atomic E-state index is 0.104. The molecular weight excluding hydrogens is 376 g/mol. The van der Waals surface area contributed by atoms with Crippen LogP contribution in [0.25, 0.3) is 0 Å². The summed E-state index contributed by atoms with van der Waals surface area (Å²) in [4.78, 5) is 0. The Balaban J connectivity index is 1.38. The van der Waals surface area contributed by atoms with Crippen LogP contribution < -0.4 is 0 Å². The van der Waals surface area contributed by atoms with Gasteiger partial charge in [-0.25, -0.2) is 8.78 Å². The molecule has 0 aromatic heterocycles. The van der Waals surface area contributed by atoms with Crippen molar-refractivity contribution in [1.82, 2.24) is 0 Å². The molecule has 2 aliphatic carbocycles. The summed E-state index contributed by atoms with van der Waals surface area (Å²) in [5.74, 6) is 0.886. The van der Waals surface area contributed by atoms with E-state index in [4.69, 9.17) is 5.26 Å². The molecule has 30 heavy (non-hydrogen) atoms. The number of unbranched alkanes of at least 4 members (excludes halogenated alkanes) is 5.